The number of carbonyl (C=O) groups is 1. The van der Waals surface area contributed by atoms with Crippen molar-refractivity contribution < 1.29 is 14.3 Å². The lowest BCUT2D eigenvalue weighted by molar-refractivity contribution is 0.112. The Morgan fingerprint density at radius 1 is 0.950 bits per heavy atom. The molecule has 0 atom stereocenters. The molecule has 0 aliphatic carbocycles. The molecule has 0 radical (unpaired) electrons. The number of hydrogen-bond acceptors (Lipinski definition) is 3. The number of aryl methyl sites for hydroxylation is 2. The Morgan fingerprint density at radius 3 is 2.30 bits per heavy atom. The highest BCUT2D eigenvalue weighted by Gasteiger charge is 2.03. The van der Waals surface area contributed by atoms with Crippen molar-refractivity contribution in [3.8, 4) is 11.5 Å². The van der Waals surface area contributed by atoms with Crippen molar-refractivity contribution in [2.24, 2.45) is 0 Å². The normalized spacial score (nSPS) is 10.1. The second kappa shape index (κ2) is 6.75. The second-order valence-electron chi connectivity index (χ2n) is 4.61. The van der Waals surface area contributed by atoms with Gasteiger partial charge in [0.25, 0.3) is 0 Å². The molecule has 0 spiro atoms. The summed E-state index contributed by atoms with van der Waals surface area (Å²) in [5.41, 5.74) is 2.85. The summed E-state index contributed by atoms with van der Waals surface area (Å²) >= 11 is 0. The first-order chi connectivity index (χ1) is 9.70. The van der Waals surface area contributed by atoms with Crippen LogP contribution in [0.4, 0.5) is 0 Å². The molecule has 0 bridgehead atoms. The van der Waals surface area contributed by atoms with Crippen molar-refractivity contribution in [2.45, 2.75) is 13.8 Å². The minimum atomic E-state index is 0.441. The van der Waals surface area contributed by atoms with E-state index in [1.54, 1.807) is 18.2 Å². The van der Waals surface area contributed by atoms with E-state index >= 15 is 0 Å². The number of hydrogen-bond donors (Lipinski definition) is 0. The molecule has 0 aliphatic rings. The molecule has 3 nitrogen and oxygen atoms in total. The van der Waals surface area contributed by atoms with E-state index in [1.807, 2.05) is 38.1 Å². The van der Waals surface area contributed by atoms with Crippen LogP contribution in [-0.4, -0.2) is 19.5 Å². The van der Waals surface area contributed by atoms with Gasteiger partial charge in [0.15, 0.2) is 0 Å². The highest BCUT2D eigenvalue weighted by molar-refractivity contribution is 5.75. The van der Waals surface area contributed by atoms with Crippen LogP contribution in [0.3, 0.4) is 0 Å². The first-order valence-corrected chi connectivity index (χ1v) is 6.58. The first-order valence-electron chi connectivity index (χ1n) is 6.58. The molecule has 20 heavy (non-hydrogen) atoms. The Labute approximate surface area is 119 Å². The van der Waals surface area contributed by atoms with Crippen LogP contribution >= 0.6 is 0 Å². The minimum absolute atomic E-state index is 0.441. The van der Waals surface area contributed by atoms with Gasteiger partial charge < -0.3 is 9.47 Å². The second-order valence-corrected chi connectivity index (χ2v) is 4.61. The third-order valence-electron chi connectivity index (χ3n) is 3.00. The monoisotopic (exact) mass is 270 g/mol. The van der Waals surface area contributed by atoms with Gasteiger partial charge in [-0.3, -0.25) is 4.79 Å². The molecule has 0 amide bonds. The predicted octanol–water partition coefficient (Wildman–Crippen LogP) is 3.57. The van der Waals surface area contributed by atoms with Crippen molar-refractivity contribution in [2.75, 3.05) is 13.2 Å². The molecule has 2 rings (SSSR count). The fourth-order valence-electron chi connectivity index (χ4n) is 2.01. The summed E-state index contributed by atoms with van der Waals surface area (Å²) in [7, 11) is 0. The predicted molar refractivity (Wildman–Crippen MR) is 78.7 cm³/mol. The summed E-state index contributed by atoms with van der Waals surface area (Å²) in [6.07, 6.45) is 0.806. The molecule has 0 heterocycles. The van der Waals surface area contributed by atoms with Crippen LogP contribution in [0.15, 0.2) is 42.5 Å². The molecule has 2 aromatic rings. The highest BCUT2D eigenvalue weighted by atomic mass is 16.5. The standard InChI is InChI=1S/C17H18O3/c1-13-5-3-6-14(2)17(13)20-10-9-19-16-8-4-7-15(11-16)12-18/h3-8,11-12H,9-10H2,1-2H3. The van der Waals surface area contributed by atoms with Gasteiger partial charge in [0.05, 0.1) is 0 Å². The van der Waals surface area contributed by atoms with Gasteiger partial charge in [-0.05, 0) is 37.1 Å². The van der Waals surface area contributed by atoms with E-state index in [1.165, 1.54) is 0 Å². The Balaban J connectivity index is 1.86. The van der Waals surface area contributed by atoms with Crippen LogP contribution in [-0.2, 0) is 0 Å². The van der Waals surface area contributed by atoms with E-state index in [4.69, 9.17) is 9.47 Å². The smallest absolute Gasteiger partial charge is 0.150 e. The van der Waals surface area contributed by atoms with E-state index in [0.717, 1.165) is 23.2 Å². The fourth-order valence-corrected chi connectivity index (χ4v) is 2.01. The molecule has 0 saturated heterocycles. The van der Waals surface area contributed by atoms with E-state index in [0.29, 0.717) is 24.5 Å². The van der Waals surface area contributed by atoms with Gasteiger partial charge in [-0.15, -0.1) is 0 Å². The van der Waals surface area contributed by atoms with Gasteiger partial charge in [-0.1, -0.05) is 30.3 Å². The highest BCUT2D eigenvalue weighted by Crippen LogP contribution is 2.22. The summed E-state index contributed by atoms with van der Waals surface area (Å²) < 4.78 is 11.3. The molecule has 104 valence electrons. The van der Waals surface area contributed by atoms with Gasteiger partial charge in [-0.25, -0.2) is 0 Å². The number of ether oxygens (including phenoxy) is 2. The first kappa shape index (κ1) is 14.1. The summed E-state index contributed by atoms with van der Waals surface area (Å²) in [6.45, 7) is 4.96. The third-order valence-corrected chi connectivity index (χ3v) is 3.00. The van der Waals surface area contributed by atoms with E-state index in [-0.39, 0.29) is 0 Å². The maximum atomic E-state index is 10.7. The van der Waals surface area contributed by atoms with Crippen LogP contribution in [0.2, 0.25) is 0 Å². The molecule has 0 unspecified atom stereocenters. The summed E-state index contributed by atoms with van der Waals surface area (Å²) in [6, 6.07) is 13.1. The lowest BCUT2D eigenvalue weighted by Gasteiger charge is -2.12. The van der Waals surface area contributed by atoms with E-state index in [9.17, 15) is 4.79 Å². The minimum Gasteiger partial charge on any atom is -0.490 e. The van der Waals surface area contributed by atoms with Crippen LogP contribution < -0.4 is 9.47 Å². The largest absolute Gasteiger partial charge is 0.490 e. The summed E-state index contributed by atoms with van der Waals surface area (Å²) in [5, 5.41) is 0. The Morgan fingerprint density at radius 2 is 1.60 bits per heavy atom. The molecular formula is C17H18O3. The zero-order valence-corrected chi connectivity index (χ0v) is 11.8. The quantitative estimate of drug-likeness (QED) is 0.594. The summed E-state index contributed by atoms with van der Waals surface area (Å²) in [4.78, 5) is 10.7. The zero-order chi connectivity index (χ0) is 14.4. The SMILES string of the molecule is Cc1cccc(C)c1OCCOc1cccc(C=O)c1. The molecule has 0 fully saturated rings. The topological polar surface area (TPSA) is 35.5 Å². The number of carbonyl (C=O) groups excluding carboxylic acids is 1. The van der Waals surface area contributed by atoms with Gasteiger partial charge in [0, 0.05) is 5.56 Å². The number of benzene rings is 2. The molecule has 0 N–H and O–H groups in total. The van der Waals surface area contributed by atoms with Crippen molar-refractivity contribution in [1.29, 1.82) is 0 Å². The molecule has 3 heteroatoms. The summed E-state index contributed by atoms with van der Waals surface area (Å²) in [5.74, 6) is 1.59. The molecule has 0 saturated carbocycles. The maximum absolute atomic E-state index is 10.7. The Hall–Kier alpha value is -2.29. The average Bonchev–Trinajstić information content (AvgIpc) is 2.46. The zero-order valence-electron chi connectivity index (χ0n) is 11.8. The van der Waals surface area contributed by atoms with Crippen LogP contribution in [0, 0.1) is 13.8 Å². The third kappa shape index (κ3) is 3.60. The molecule has 0 aliphatic heterocycles. The van der Waals surface area contributed by atoms with Crippen molar-refractivity contribution in [3.05, 3.63) is 59.2 Å². The van der Waals surface area contributed by atoms with Gasteiger partial charge in [0.1, 0.15) is 31.0 Å². The number of aldehydes is 1. The van der Waals surface area contributed by atoms with Crippen molar-refractivity contribution >= 4 is 6.29 Å². The Bertz CT molecular complexity index is 570. The molecule has 2 aromatic carbocycles. The van der Waals surface area contributed by atoms with Gasteiger partial charge in [-0.2, -0.15) is 0 Å². The lowest BCUT2D eigenvalue weighted by atomic mass is 10.1. The Kier molecular flexibility index (Phi) is 4.77. The van der Waals surface area contributed by atoms with Crippen molar-refractivity contribution in [3.63, 3.8) is 0 Å². The van der Waals surface area contributed by atoms with Gasteiger partial charge >= 0.3 is 0 Å². The van der Waals surface area contributed by atoms with Gasteiger partial charge in [0.2, 0.25) is 0 Å². The van der Waals surface area contributed by atoms with E-state index in [2.05, 4.69) is 0 Å². The van der Waals surface area contributed by atoms with Crippen LogP contribution in [0.5, 0.6) is 11.5 Å². The maximum Gasteiger partial charge on any atom is 0.150 e. The number of para-hydroxylation sites is 1. The van der Waals surface area contributed by atoms with E-state index < -0.39 is 0 Å². The lowest BCUT2D eigenvalue weighted by Crippen LogP contribution is -2.10. The molecule has 0 aromatic heterocycles. The van der Waals surface area contributed by atoms with Crippen LogP contribution in [0.25, 0.3) is 0 Å². The number of rotatable bonds is 6. The van der Waals surface area contributed by atoms with Crippen LogP contribution in [0.1, 0.15) is 21.5 Å². The fraction of sp³-hybridized carbons (Fsp3) is 0.235. The molecular weight excluding hydrogens is 252 g/mol. The average molecular weight is 270 g/mol. The van der Waals surface area contributed by atoms with Crippen molar-refractivity contribution in [1.82, 2.24) is 0 Å².